The first-order chi connectivity index (χ1) is 7.83. The molecule has 0 bridgehead atoms. The number of piperidine rings is 1. The molecular formula is C12H21N3O. The molecule has 16 heavy (non-hydrogen) atoms. The Hall–Kier alpha value is -0.870. The van der Waals surface area contributed by atoms with Crippen LogP contribution in [0.2, 0.25) is 0 Å². The molecule has 1 aliphatic heterocycles. The van der Waals surface area contributed by atoms with Gasteiger partial charge < -0.3 is 14.6 Å². The minimum atomic E-state index is 0.522. The molecule has 2 heterocycles. The van der Waals surface area contributed by atoms with Gasteiger partial charge >= 0.3 is 0 Å². The summed E-state index contributed by atoms with van der Waals surface area (Å²) >= 11 is 0. The highest BCUT2D eigenvalue weighted by atomic mass is 16.4. The first kappa shape index (κ1) is 11.6. The lowest BCUT2D eigenvalue weighted by Crippen LogP contribution is -2.32. The Morgan fingerprint density at radius 3 is 2.88 bits per heavy atom. The van der Waals surface area contributed by atoms with E-state index in [-0.39, 0.29) is 0 Å². The van der Waals surface area contributed by atoms with Crippen molar-refractivity contribution in [3.05, 3.63) is 17.8 Å². The van der Waals surface area contributed by atoms with Crippen LogP contribution in [0.3, 0.4) is 0 Å². The summed E-state index contributed by atoms with van der Waals surface area (Å²) in [5, 5.41) is 3.07. The Labute approximate surface area is 97.0 Å². The van der Waals surface area contributed by atoms with E-state index >= 15 is 0 Å². The van der Waals surface area contributed by atoms with Crippen molar-refractivity contribution in [2.24, 2.45) is 0 Å². The first-order valence-electron chi connectivity index (χ1n) is 6.15. The molecule has 0 atom stereocenters. The minimum Gasteiger partial charge on any atom is -0.444 e. The van der Waals surface area contributed by atoms with Gasteiger partial charge in [0.2, 0.25) is 0 Å². The van der Waals surface area contributed by atoms with Gasteiger partial charge in [-0.25, -0.2) is 4.98 Å². The maximum absolute atomic E-state index is 5.74. The highest BCUT2D eigenvalue weighted by Crippen LogP contribution is 2.27. The summed E-state index contributed by atoms with van der Waals surface area (Å²) in [4.78, 5) is 6.86. The van der Waals surface area contributed by atoms with Crippen molar-refractivity contribution in [1.29, 1.82) is 0 Å². The van der Waals surface area contributed by atoms with Gasteiger partial charge in [-0.3, -0.25) is 0 Å². The molecule has 90 valence electrons. The highest BCUT2D eigenvalue weighted by molar-refractivity contribution is 5.00. The second-order valence-electron chi connectivity index (χ2n) is 4.40. The normalized spacial score (nSPS) is 19.1. The molecular weight excluding hydrogens is 202 g/mol. The summed E-state index contributed by atoms with van der Waals surface area (Å²) in [6, 6.07) is 0. The van der Waals surface area contributed by atoms with Crippen molar-refractivity contribution in [2.75, 3.05) is 26.7 Å². The molecule has 1 saturated heterocycles. The van der Waals surface area contributed by atoms with E-state index in [0.717, 1.165) is 24.7 Å². The quantitative estimate of drug-likeness (QED) is 0.841. The molecule has 1 fully saturated rings. The van der Waals surface area contributed by atoms with Gasteiger partial charge in [0.15, 0.2) is 5.89 Å². The minimum absolute atomic E-state index is 0.522. The number of likely N-dealkylation sites (tertiary alicyclic amines) is 1. The zero-order chi connectivity index (χ0) is 11.4. The molecule has 4 nitrogen and oxygen atoms in total. The van der Waals surface area contributed by atoms with Crippen LogP contribution < -0.4 is 5.32 Å². The Morgan fingerprint density at radius 1 is 1.50 bits per heavy atom. The number of nitrogens with zero attached hydrogens (tertiary/aromatic N) is 2. The number of hydrogen-bond donors (Lipinski definition) is 1. The van der Waals surface area contributed by atoms with Crippen LogP contribution in [-0.2, 0) is 6.54 Å². The lowest BCUT2D eigenvalue weighted by Gasteiger charge is -2.29. The van der Waals surface area contributed by atoms with Gasteiger partial charge in [-0.2, -0.15) is 0 Å². The van der Waals surface area contributed by atoms with Crippen molar-refractivity contribution in [3.63, 3.8) is 0 Å². The Kier molecular flexibility index (Phi) is 3.96. The summed E-state index contributed by atoms with van der Waals surface area (Å²) in [5.74, 6) is 2.39. The maximum atomic E-state index is 5.74. The molecule has 0 radical (unpaired) electrons. The van der Waals surface area contributed by atoms with Crippen LogP contribution in [0.1, 0.15) is 37.3 Å². The van der Waals surface area contributed by atoms with Gasteiger partial charge in [0.05, 0.1) is 12.7 Å². The van der Waals surface area contributed by atoms with E-state index in [1.54, 1.807) is 0 Å². The molecule has 0 amide bonds. The van der Waals surface area contributed by atoms with E-state index in [4.69, 9.17) is 4.42 Å². The monoisotopic (exact) mass is 223 g/mol. The Bertz CT molecular complexity index is 316. The molecule has 2 rings (SSSR count). The van der Waals surface area contributed by atoms with Crippen LogP contribution in [0.4, 0.5) is 0 Å². The van der Waals surface area contributed by atoms with E-state index in [9.17, 15) is 0 Å². The van der Waals surface area contributed by atoms with E-state index in [1.165, 1.54) is 25.9 Å². The van der Waals surface area contributed by atoms with E-state index < -0.39 is 0 Å². The lowest BCUT2D eigenvalue weighted by atomic mass is 9.97. The lowest BCUT2D eigenvalue weighted by molar-refractivity contribution is 0.207. The largest absolute Gasteiger partial charge is 0.444 e. The molecule has 0 aliphatic carbocycles. The van der Waals surface area contributed by atoms with Crippen LogP contribution in [0.5, 0.6) is 0 Å². The van der Waals surface area contributed by atoms with Crippen molar-refractivity contribution in [1.82, 2.24) is 15.2 Å². The molecule has 0 unspecified atom stereocenters. The van der Waals surface area contributed by atoms with Crippen molar-refractivity contribution < 1.29 is 4.42 Å². The SMILES string of the molecule is CCN1CCC(c2ncc(CNC)o2)CC1. The maximum Gasteiger partial charge on any atom is 0.197 e. The summed E-state index contributed by atoms with van der Waals surface area (Å²) in [6.45, 7) is 6.48. The second-order valence-corrected chi connectivity index (χ2v) is 4.40. The first-order valence-corrected chi connectivity index (χ1v) is 6.15. The third kappa shape index (κ3) is 2.62. The van der Waals surface area contributed by atoms with Crippen LogP contribution in [0.25, 0.3) is 0 Å². The summed E-state index contributed by atoms with van der Waals surface area (Å²) in [6.07, 6.45) is 4.19. The van der Waals surface area contributed by atoms with Crippen molar-refractivity contribution in [2.45, 2.75) is 32.2 Å². The zero-order valence-corrected chi connectivity index (χ0v) is 10.2. The number of aromatic nitrogens is 1. The number of rotatable bonds is 4. The Morgan fingerprint density at radius 2 is 2.25 bits per heavy atom. The average Bonchev–Trinajstić information content (AvgIpc) is 2.78. The van der Waals surface area contributed by atoms with Crippen LogP contribution in [0, 0.1) is 0 Å². The molecule has 0 aromatic carbocycles. The van der Waals surface area contributed by atoms with E-state index in [2.05, 4.69) is 22.1 Å². The fraction of sp³-hybridized carbons (Fsp3) is 0.750. The van der Waals surface area contributed by atoms with E-state index in [1.807, 2.05) is 13.2 Å². The molecule has 1 N–H and O–H groups in total. The standard InChI is InChI=1S/C12H21N3O/c1-3-15-6-4-10(5-7-15)12-14-9-11(16-12)8-13-2/h9-10,13H,3-8H2,1-2H3. The van der Waals surface area contributed by atoms with Gasteiger partial charge in [0, 0.05) is 5.92 Å². The highest BCUT2D eigenvalue weighted by Gasteiger charge is 2.23. The summed E-state index contributed by atoms with van der Waals surface area (Å²) in [5.41, 5.74) is 0. The molecule has 0 saturated carbocycles. The number of hydrogen-bond acceptors (Lipinski definition) is 4. The zero-order valence-electron chi connectivity index (χ0n) is 10.2. The summed E-state index contributed by atoms with van der Waals surface area (Å²) in [7, 11) is 1.92. The van der Waals surface area contributed by atoms with Crippen molar-refractivity contribution in [3.8, 4) is 0 Å². The van der Waals surface area contributed by atoms with Crippen LogP contribution in [-0.4, -0.2) is 36.6 Å². The molecule has 4 heteroatoms. The predicted octanol–water partition coefficient (Wildman–Crippen LogP) is 1.59. The molecule has 1 aromatic rings. The van der Waals surface area contributed by atoms with E-state index in [0.29, 0.717) is 5.92 Å². The van der Waals surface area contributed by atoms with Gasteiger partial charge in [0.1, 0.15) is 5.76 Å². The third-order valence-electron chi connectivity index (χ3n) is 3.31. The van der Waals surface area contributed by atoms with Gasteiger partial charge in [-0.05, 0) is 39.5 Å². The van der Waals surface area contributed by atoms with Gasteiger partial charge in [-0.1, -0.05) is 6.92 Å². The fourth-order valence-corrected chi connectivity index (χ4v) is 2.26. The van der Waals surface area contributed by atoms with Gasteiger partial charge in [0.25, 0.3) is 0 Å². The predicted molar refractivity (Wildman–Crippen MR) is 63.4 cm³/mol. The number of oxazole rings is 1. The molecule has 0 spiro atoms. The molecule has 1 aromatic heterocycles. The van der Waals surface area contributed by atoms with Crippen molar-refractivity contribution >= 4 is 0 Å². The van der Waals surface area contributed by atoms with Crippen LogP contribution in [0.15, 0.2) is 10.6 Å². The molecule has 1 aliphatic rings. The number of nitrogens with one attached hydrogen (secondary N) is 1. The third-order valence-corrected chi connectivity index (χ3v) is 3.31. The smallest absolute Gasteiger partial charge is 0.197 e. The average molecular weight is 223 g/mol. The summed E-state index contributed by atoms with van der Waals surface area (Å²) < 4.78 is 5.74. The second kappa shape index (κ2) is 5.46. The topological polar surface area (TPSA) is 41.3 Å². The van der Waals surface area contributed by atoms with Gasteiger partial charge in [-0.15, -0.1) is 0 Å². The Balaban J connectivity index is 1.92. The van der Waals surface area contributed by atoms with Crippen LogP contribution >= 0.6 is 0 Å². The fourth-order valence-electron chi connectivity index (χ4n) is 2.26.